The predicted octanol–water partition coefficient (Wildman–Crippen LogP) is 3.32. The van der Waals surface area contributed by atoms with Crippen LogP contribution in [0.15, 0.2) is 12.1 Å². The van der Waals surface area contributed by atoms with Crippen LogP contribution >= 0.6 is 11.3 Å². The van der Waals surface area contributed by atoms with E-state index in [1.165, 1.54) is 23.2 Å². The molecule has 0 atom stereocenters. The lowest BCUT2D eigenvalue weighted by Gasteiger charge is -2.24. The Morgan fingerprint density at radius 2 is 1.94 bits per heavy atom. The molecular weight excluding hydrogens is 250 g/mol. The zero-order valence-corrected chi connectivity index (χ0v) is 12.3. The molecule has 0 spiro atoms. The minimum atomic E-state index is -0.495. The summed E-state index contributed by atoms with van der Waals surface area (Å²) in [6.07, 6.45) is -0.361. The second-order valence-electron chi connectivity index (χ2n) is 5.16. The van der Waals surface area contributed by atoms with Gasteiger partial charge in [-0.15, -0.1) is 11.3 Å². The fraction of sp³-hybridized carbons (Fsp3) is 0.538. The van der Waals surface area contributed by atoms with Crippen LogP contribution in [0.5, 0.6) is 0 Å². The van der Waals surface area contributed by atoms with Crippen molar-refractivity contribution in [3.8, 4) is 0 Å². The van der Waals surface area contributed by atoms with Crippen molar-refractivity contribution < 1.29 is 14.3 Å². The number of ketones is 1. The maximum absolute atomic E-state index is 11.7. The van der Waals surface area contributed by atoms with Gasteiger partial charge in [-0.25, -0.2) is 4.79 Å². The molecule has 0 aromatic carbocycles. The molecule has 0 aliphatic heterocycles. The number of rotatable bonds is 3. The monoisotopic (exact) mass is 269 g/mol. The Hall–Kier alpha value is -1.36. The van der Waals surface area contributed by atoms with Crippen molar-refractivity contribution in [1.29, 1.82) is 0 Å². The molecular formula is C13H19NO3S. The average molecular weight is 269 g/mol. The number of carbonyl (C=O) groups excluding carboxylic acids is 2. The summed E-state index contributed by atoms with van der Waals surface area (Å²) in [5, 5.41) is 0. The van der Waals surface area contributed by atoms with Gasteiger partial charge in [0.2, 0.25) is 0 Å². The lowest BCUT2D eigenvalue weighted by Crippen LogP contribution is -2.33. The molecule has 4 nitrogen and oxygen atoms in total. The van der Waals surface area contributed by atoms with Crippen molar-refractivity contribution in [2.24, 2.45) is 0 Å². The van der Waals surface area contributed by atoms with Gasteiger partial charge in [0.1, 0.15) is 5.60 Å². The molecule has 0 aliphatic carbocycles. The van der Waals surface area contributed by atoms with Crippen LogP contribution in [0, 0.1) is 0 Å². The van der Waals surface area contributed by atoms with Crippen LogP contribution in [0.1, 0.15) is 42.2 Å². The predicted molar refractivity (Wildman–Crippen MR) is 72.0 cm³/mol. The van der Waals surface area contributed by atoms with E-state index < -0.39 is 5.60 Å². The van der Waals surface area contributed by atoms with Gasteiger partial charge >= 0.3 is 6.09 Å². The molecule has 0 aliphatic rings. The summed E-state index contributed by atoms with van der Waals surface area (Å²) in [6, 6.07) is 3.65. The van der Waals surface area contributed by atoms with Gasteiger partial charge in [0.05, 0.1) is 11.4 Å². The summed E-state index contributed by atoms with van der Waals surface area (Å²) >= 11 is 1.41. The Balaban J connectivity index is 2.61. The lowest BCUT2D eigenvalue weighted by atomic mass is 10.2. The number of ether oxygens (including phenoxy) is 1. The lowest BCUT2D eigenvalue weighted by molar-refractivity contribution is 0.0286. The van der Waals surface area contributed by atoms with E-state index >= 15 is 0 Å². The van der Waals surface area contributed by atoms with E-state index in [0.717, 1.165) is 4.88 Å². The number of Topliss-reactive ketones (excluding diaryl/α,β-unsaturated/α-hetero) is 1. The number of hydrogen-bond donors (Lipinski definition) is 0. The third-order valence-corrected chi connectivity index (χ3v) is 3.28. The normalized spacial score (nSPS) is 11.2. The summed E-state index contributed by atoms with van der Waals surface area (Å²) in [6.45, 7) is 7.48. The van der Waals surface area contributed by atoms with Gasteiger partial charge in [-0.05, 0) is 39.8 Å². The van der Waals surface area contributed by atoms with Gasteiger partial charge in [0, 0.05) is 11.9 Å². The van der Waals surface area contributed by atoms with Crippen molar-refractivity contribution >= 4 is 23.2 Å². The highest BCUT2D eigenvalue weighted by molar-refractivity contribution is 7.14. The molecule has 0 fully saturated rings. The zero-order valence-electron chi connectivity index (χ0n) is 11.4. The van der Waals surface area contributed by atoms with Gasteiger partial charge in [-0.1, -0.05) is 0 Å². The van der Waals surface area contributed by atoms with Crippen LogP contribution in [0.2, 0.25) is 0 Å². The Morgan fingerprint density at radius 3 is 2.39 bits per heavy atom. The summed E-state index contributed by atoms with van der Waals surface area (Å²) in [7, 11) is 1.68. The fourth-order valence-corrected chi connectivity index (χ4v) is 2.25. The first-order valence-corrected chi connectivity index (χ1v) is 6.54. The van der Waals surface area contributed by atoms with E-state index in [0.29, 0.717) is 11.4 Å². The highest BCUT2D eigenvalue weighted by Gasteiger charge is 2.20. The minimum absolute atomic E-state index is 0.0474. The van der Waals surface area contributed by atoms with E-state index in [-0.39, 0.29) is 11.9 Å². The molecule has 1 aromatic heterocycles. The molecule has 1 aromatic rings. The molecule has 1 amide bonds. The van der Waals surface area contributed by atoms with E-state index in [1.54, 1.807) is 13.1 Å². The smallest absolute Gasteiger partial charge is 0.410 e. The van der Waals surface area contributed by atoms with Gasteiger partial charge in [-0.2, -0.15) is 0 Å². The number of hydrogen-bond acceptors (Lipinski definition) is 4. The molecule has 0 bridgehead atoms. The quantitative estimate of drug-likeness (QED) is 0.791. The Labute approximate surface area is 112 Å². The first-order chi connectivity index (χ1) is 8.19. The largest absolute Gasteiger partial charge is 0.444 e. The number of thiophene rings is 1. The summed E-state index contributed by atoms with van der Waals surface area (Å²) in [5.41, 5.74) is -0.495. The Bertz CT molecular complexity index is 445. The molecule has 100 valence electrons. The summed E-state index contributed by atoms with van der Waals surface area (Å²) in [4.78, 5) is 26.1. The van der Waals surface area contributed by atoms with Crippen LogP contribution in [0.25, 0.3) is 0 Å². The van der Waals surface area contributed by atoms with Crippen molar-refractivity contribution in [3.05, 3.63) is 21.9 Å². The molecule has 5 heteroatoms. The maximum atomic E-state index is 11.7. The van der Waals surface area contributed by atoms with Gasteiger partial charge in [0.15, 0.2) is 5.78 Å². The van der Waals surface area contributed by atoms with Gasteiger partial charge in [0.25, 0.3) is 0 Å². The topological polar surface area (TPSA) is 46.6 Å². The van der Waals surface area contributed by atoms with Crippen LogP contribution in [0.3, 0.4) is 0 Å². The van der Waals surface area contributed by atoms with Crippen LogP contribution < -0.4 is 0 Å². The second-order valence-corrected chi connectivity index (χ2v) is 6.33. The second kappa shape index (κ2) is 5.52. The summed E-state index contributed by atoms with van der Waals surface area (Å²) < 4.78 is 5.25. The highest BCUT2D eigenvalue weighted by atomic mass is 32.1. The van der Waals surface area contributed by atoms with Crippen LogP contribution in [0.4, 0.5) is 4.79 Å². The Morgan fingerprint density at radius 1 is 1.33 bits per heavy atom. The first kappa shape index (κ1) is 14.7. The standard InChI is InChI=1S/C13H19NO3S/c1-9(15)11-7-6-10(18-11)8-14(5)12(16)17-13(2,3)4/h6-7H,8H2,1-5H3. The van der Waals surface area contributed by atoms with Crippen molar-refractivity contribution in [3.63, 3.8) is 0 Å². The first-order valence-electron chi connectivity index (χ1n) is 5.73. The molecule has 0 N–H and O–H groups in total. The van der Waals surface area contributed by atoms with Gasteiger partial charge in [-0.3, -0.25) is 4.79 Å². The molecule has 0 radical (unpaired) electrons. The molecule has 0 saturated carbocycles. The molecule has 1 heterocycles. The maximum Gasteiger partial charge on any atom is 0.410 e. The van der Waals surface area contributed by atoms with Crippen molar-refractivity contribution in [2.75, 3.05) is 7.05 Å². The zero-order chi connectivity index (χ0) is 13.9. The minimum Gasteiger partial charge on any atom is -0.444 e. The third kappa shape index (κ3) is 4.49. The SMILES string of the molecule is CC(=O)c1ccc(CN(C)C(=O)OC(C)(C)C)s1. The highest BCUT2D eigenvalue weighted by Crippen LogP contribution is 2.19. The number of carbonyl (C=O) groups is 2. The number of amides is 1. The number of nitrogens with zero attached hydrogens (tertiary/aromatic N) is 1. The van der Waals surface area contributed by atoms with E-state index in [4.69, 9.17) is 4.74 Å². The third-order valence-electron chi connectivity index (χ3n) is 2.11. The molecule has 18 heavy (non-hydrogen) atoms. The Kier molecular flexibility index (Phi) is 4.51. The van der Waals surface area contributed by atoms with Crippen LogP contribution in [-0.2, 0) is 11.3 Å². The van der Waals surface area contributed by atoms with E-state index in [2.05, 4.69) is 0 Å². The summed E-state index contributed by atoms with van der Waals surface area (Å²) in [5.74, 6) is 0.0474. The van der Waals surface area contributed by atoms with Crippen molar-refractivity contribution in [2.45, 2.75) is 39.8 Å². The average Bonchev–Trinajstić information content (AvgIpc) is 2.63. The van der Waals surface area contributed by atoms with Gasteiger partial charge < -0.3 is 9.64 Å². The van der Waals surface area contributed by atoms with E-state index in [1.807, 2.05) is 26.8 Å². The molecule has 0 saturated heterocycles. The fourth-order valence-electron chi connectivity index (χ4n) is 1.29. The van der Waals surface area contributed by atoms with Crippen molar-refractivity contribution in [1.82, 2.24) is 4.90 Å². The van der Waals surface area contributed by atoms with E-state index in [9.17, 15) is 9.59 Å². The van der Waals surface area contributed by atoms with Crippen LogP contribution in [-0.4, -0.2) is 29.4 Å². The molecule has 1 rings (SSSR count). The molecule has 0 unspecified atom stereocenters.